The summed E-state index contributed by atoms with van der Waals surface area (Å²) in [5.74, 6) is -0.808. The maximum absolute atomic E-state index is 15.4. The Bertz CT molecular complexity index is 1710. The molecule has 4 aromatic heterocycles. The molecule has 0 bridgehead atoms. The summed E-state index contributed by atoms with van der Waals surface area (Å²) in [6.45, 7) is 0. The number of nitrogen functional groups attached to an aromatic ring is 1. The van der Waals surface area contributed by atoms with E-state index in [1.54, 1.807) is 16.7 Å². The summed E-state index contributed by atoms with van der Waals surface area (Å²) >= 11 is 6.11. The van der Waals surface area contributed by atoms with Gasteiger partial charge in [-0.05, 0) is 65.6 Å². The van der Waals surface area contributed by atoms with Gasteiger partial charge in [0.1, 0.15) is 18.0 Å². The summed E-state index contributed by atoms with van der Waals surface area (Å²) in [7, 11) is 0. The molecule has 1 aromatic carbocycles. The molecule has 5 heterocycles. The topological polar surface area (TPSA) is 133 Å². The molecule has 10 nitrogen and oxygen atoms in total. The number of H-pyrrole nitrogens is 1. The van der Waals surface area contributed by atoms with Crippen LogP contribution in [0, 0.1) is 11.8 Å². The van der Waals surface area contributed by atoms with Gasteiger partial charge in [0.05, 0.1) is 34.2 Å². The fourth-order valence-electron chi connectivity index (χ4n) is 4.93. The van der Waals surface area contributed by atoms with E-state index in [2.05, 4.69) is 30.5 Å². The molecule has 3 N–H and O–H groups in total. The number of aryl methyl sites for hydroxylation is 1. The second kappa shape index (κ2) is 9.45. The van der Waals surface area contributed by atoms with Crippen LogP contribution >= 0.6 is 11.6 Å². The van der Waals surface area contributed by atoms with Crippen LogP contribution in [0.4, 0.5) is 14.6 Å². The smallest absolute Gasteiger partial charge is 0.252 e. The second-order valence-electron chi connectivity index (χ2n) is 8.97. The molecular formula is C25H20ClF2N9O. The van der Waals surface area contributed by atoms with Crippen molar-refractivity contribution in [3.05, 3.63) is 87.6 Å². The lowest BCUT2D eigenvalue weighted by Gasteiger charge is -2.20. The van der Waals surface area contributed by atoms with Crippen LogP contribution in [-0.2, 0) is 6.42 Å². The van der Waals surface area contributed by atoms with Gasteiger partial charge >= 0.3 is 0 Å². The molecule has 13 heteroatoms. The van der Waals surface area contributed by atoms with Crippen molar-refractivity contribution in [2.24, 2.45) is 0 Å². The van der Waals surface area contributed by atoms with Crippen molar-refractivity contribution < 1.29 is 8.78 Å². The molecule has 0 saturated carbocycles. The van der Waals surface area contributed by atoms with Gasteiger partial charge in [0, 0.05) is 17.3 Å². The number of nitrogens with two attached hydrogens (primary N) is 1. The van der Waals surface area contributed by atoms with Gasteiger partial charge in [0.15, 0.2) is 5.82 Å². The van der Waals surface area contributed by atoms with E-state index in [1.165, 1.54) is 41.5 Å². The summed E-state index contributed by atoms with van der Waals surface area (Å²) in [5.41, 5.74) is 7.44. The zero-order valence-electron chi connectivity index (χ0n) is 19.8. The van der Waals surface area contributed by atoms with Gasteiger partial charge in [-0.15, -0.1) is 5.10 Å². The van der Waals surface area contributed by atoms with Crippen LogP contribution in [0.15, 0.2) is 53.7 Å². The predicted octanol–water partition coefficient (Wildman–Crippen LogP) is 4.11. The third-order valence-electron chi connectivity index (χ3n) is 6.65. The Kier molecular flexibility index (Phi) is 5.95. The van der Waals surface area contributed by atoms with E-state index in [1.807, 2.05) is 0 Å². The lowest BCUT2D eigenvalue weighted by atomic mass is 10.0. The summed E-state index contributed by atoms with van der Waals surface area (Å²) in [6.07, 6.45) is 5.74. The molecule has 1 aliphatic rings. The number of nitrogens with one attached hydrogen (secondary N) is 1. The molecule has 1 atom stereocenters. The van der Waals surface area contributed by atoms with E-state index in [-0.39, 0.29) is 27.5 Å². The third-order valence-corrected chi connectivity index (χ3v) is 6.94. The molecular weight excluding hydrogens is 516 g/mol. The fraction of sp³-hybridized carbons (Fsp3) is 0.200. The molecule has 0 fully saturated rings. The van der Waals surface area contributed by atoms with Crippen LogP contribution in [0.2, 0.25) is 5.02 Å². The van der Waals surface area contributed by atoms with Crippen LogP contribution in [-0.4, -0.2) is 39.7 Å². The number of nitrogens with zero attached hydrogens (tertiary/aromatic N) is 7. The minimum atomic E-state index is -0.717. The zero-order valence-corrected chi connectivity index (χ0v) is 20.5. The number of aromatic nitrogens is 8. The van der Waals surface area contributed by atoms with Gasteiger partial charge < -0.3 is 15.3 Å². The lowest BCUT2D eigenvalue weighted by Crippen LogP contribution is -2.28. The highest BCUT2D eigenvalue weighted by atomic mass is 35.5. The first-order chi connectivity index (χ1) is 18.4. The number of hydrogen-bond donors (Lipinski definition) is 2. The van der Waals surface area contributed by atoms with Crippen LogP contribution in [0.25, 0.3) is 28.1 Å². The normalized spacial score (nSPS) is 15.3. The van der Waals surface area contributed by atoms with Crippen LogP contribution < -0.4 is 11.3 Å². The quantitative estimate of drug-likeness (QED) is 0.331. The van der Waals surface area contributed by atoms with Crippen molar-refractivity contribution >= 4 is 17.4 Å². The van der Waals surface area contributed by atoms with Gasteiger partial charge in [-0.3, -0.25) is 4.79 Å². The molecule has 0 spiro atoms. The Balaban J connectivity index is 1.46. The van der Waals surface area contributed by atoms with Crippen LogP contribution in [0.1, 0.15) is 36.8 Å². The summed E-state index contributed by atoms with van der Waals surface area (Å²) < 4.78 is 32.8. The van der Waals surface area contributed by atoms with E-state index >= 15 is 4.39 Å². The van der Waals surface area contributed by atoms with Crippen LogP contribution in [0.3, 0.4) is 0 Å². The maximum Gasteiger partial charge on any atom is 0.252 e. The third kappa shape index (κ3) is 4.12. The van der Waals surface area contributed by atoms with E-state index in [0.29, 0.717) is 35.6 Å². The average molecular weight is 536 g/mol. The molecule has 0 aliphatic carbocycles. The SMILES string of the molecule is Nc1ccc(-c2cnc(C3CCCCc4cc(-c5c(-n6cnnn6)ccc(Cl)c5F)cc(=O)n43)[nH]2)c(F)n1. The largest absolute Gasteiger partial charge is 0.384 e. The van der Waals surface area contributed by atoms with Gasteiger partial charge in [0.25, 0.3) is 5.56 Å². The van der Waals surface area contributed by atoms with E-state index < -0.39 is 17.8 Å². The number of aromatic amines is 1. The Morgan fingerprint density at radius 3 is 2.79 bits per heavy atom. The minimum absolute atomic E-state index is 0.0745. The number of rotatable bonds is 4. The number of hydrogen-bond acceptors (Lipinski definition) is 7. The zero-order chi connectivity index (χ0) is 26.4. The first-order valence-corrected chi connectivity index (χ1v) is 12.2. The molecule has 1 unspecified atom stereocenters. The highest BCUT2D eigenvalue weighted by Crippen LogP contribution is 2.35. The van der Waals surface area contributed by atoms with Crippen molar-refractivity contribution in [1.82, 2.24) is 39.7 Å². The molecule has 5 aromatic rings. The Morgan fingerprint density at radius 1 is 1.13 bits per heavy atom. The lowest BCUT2D eigenvalue weighted by molar-refractivity contribution is 0.500. The van der Waals surface area contributed by atoms with Crippen molar-refractivity contribution in [3.8, 4) is 28.1 Å². The van der Waals surface area contributed by atoms with Crippen molar-refractivity contribution in [2.75, 3.05) is 5.73 Å². The molecule has 38 heavy (non-hydrogen) atoms. The number of halogens is 3. The van der Waals surface area contributed by atoms with Crippen molar-refractivity contribution in [1.29, 1.82) is 0 Å². The number of imidazole rings is 1. The number of benzene rings is 1. The molecule has 0 amide bonds. The fourth-order valence-corrected chi connectivity index (χ4v) is 5.08. The van der Waals surface area contributed by atoms with E-state index in [9.17, 15) is 9.18 Å². The Morgan fingerprint density at radius 2 is 2.00 bits per heavy atom. The minimum Gasteiger partial charge on any atom is -0.384 e. The monoisotopic (exact) mass is 535 g/mol. The number of pyridine rings is 2. The van der Waals surface area contributed by atoms with E-state index in [0.717, 1.165) is 18.5 Å². The summed E-state index contributed by atoms with van der Waals surface area (Å²) in [4.78, 5) is 24.9. The van der Waals surface area contributed by atoms with Gasteiger partial charge in [0.2, 0.25) is 5.95 Å². The maximum atomic E-state index is 15.4. The highest BCUT2D eigenvalue weighted by molar-refractivity contribution is 6.31. The molecule has 192 valence electrons. The molecule has 0 saturated heterocycles. The number of tetrazole rings is 1. The molecule has 6 rings (SSSR count). The number of anilines is 1. The van der Waals surface area contributed by atoms with Crippen molar-refractivity contribution in [2.45, 2.75) is 31.7 Å². The highest BCUT2D eigenvalue weighted by Gasteiger charge is 2.26. The summed E-state index contributed by atoms with van der Waals surface area (Å²) in [5, 5.41) is 11.0. The predicted molar refractivity (Wildman–Crippen MR) is 136 cm³/mol. The average Bonchev–Trinajstić information content (AvgIpc) is 3.55. The van der Waals surface area contributed by atoms with Crippen LogP contribution in [0.5, 0.6) is 0 Å². The molecule has 0 radical (unpaired) electrons. The van der Waals surface area contributed by atoms with Gasteiger partial charge in [-0.2, -0.15) is 9.07 Å². The van der Waals surface area contributed by atoms with Gasteiger partial charge in [-0.1, -0.05) is 18.0 Å². The number of fused-ring (bicyclic) bond motifs is 1. The Labute approximate surface area is 219 Å². The first kappa shape index (κ1) is 23.9. The van der Waals surface area contributed by atoms with E-state index in [4.69, 9.17) is 17.3 Å². The van der Waals surface area contributed by atoms with Gasteiger partial charge in [-0.25, -0.2) is 14.4 Å². The second-order valence-corrected chi connectivity index (χ2v) is 9.38. The first-order valence-electron chi connectivity index (χ1n) is 11.8. The summed E-state index contributed by atoms with van der Waals surface area (Å²) in [6, 6.07) is 8.78. The Hall–Kier alpha value is -4.45. The van der Waals surface area contributed by atoms with Crippen molar-refractivity contribution in [3.63, 3.8) is 0 Å². The standard InChI is InChI=1S/C25H20ClF2N9O/c26-16-6-7-18(36-12-31-34-35-36)22(23(16)27)13-9-14-3-1-2-4-19(37(14)21(38)10-13)25-30-11-17(32-25)15-5-8-20(29)33-24(15)28/h5-12,19H,1-4H2,(H2,29,33)(H,30,32). The molecule has 1 aliphatic heterocycles.